The molecule has 6 heteroatoms. The van der Waals surface area contributed by atoms with E-state index in [4.69, 9.17) is 4.99 Å². The van der Waals surface area contributed by atoms with Crippen LogP contribution < -0.4 is 10.6 Å². The van der Waals surface area contributed by atoms with Gasteiger partial charge in [0.15, 0.2) is 5.96 Å². The second kappa shape index (κ2) is 11.6. The third-order valence-electron chi connectivity index (χ3n) is 5.46. The van der Waals surface area contributed by atoms with Crippen molar-refractivity contribution >= 4 is 29.9 Å². The molecule has 0 aromatic carbocycles. The fourth-order valence-corrected chi connectivity index (χ4v) is 3.89. The highest BCUT2D eigenvalue weighted by Gasteiger charge is 2.27. The lowest BCUT2D eigenvalue weighted by atomic mass is 9.98. The monoisotopic (exact) mass is 465 g/mol. The molecule has 1 unspecified atom stereocenters. The molecule has 5 nitrogen and oxygen atoms in total. The lowest BCUT2D eigenvalue weighted by Crippen LogP contribution is -2.50. The Bertz CT molecular complexity index is 393. The molecule has 25 heavy (non-hydrogen) atoms. The standard InChI is InChI=1S/C19H39N5.HI/c1-5-20-18(21-14-17-10-9-11-23(4)15-17)22-16-19(2,3)24-12-7-6-8-13-24;/h17H,5-16H2,1-4H3,(H2,20,21,22);1H. The van der Waals surface area contributed by atoms with Crippen LogP contribution in [-0.2, 0) is 0 Å². The molecule has 0 saturated carbocycles. The van der Waals surface area contributed by atoms with E-state index in [0.717, 1.165) is 31.5 Å². The zero-order valence-corrected chi connectivity index (χ0v) is 19.1. The van der Waals surface area contributed by atoms with Crippen LogP contribution in [-0.4, -0.2) is 74.2 Å². The predicted octanol–water partition coefficient (Wildman–Crippen LogP) is 2.77. The van der Waals surface area contributed by atoms with Crippen molar-refractivity contribution in [1.82, 2.24) is 20.4 Å². The van der Waals surface area contributed by atoms with Gasteiger partial charge in [-0.1, -0.05) is 6.42 Å². The highest BCUT2D eigenvalue weighted by molar-refractivity contribution is 14.0. The summed E-state index contributed by atoms with van der Waals surface area (Å²) >= 11 is 0. The van der Waals surface area contributed by atoms with E-state index < -0.39 is 0 Å². The van der Waals surface area contributed by atoms with E-state index in [2.05, 4.69) is 48.3 Å². The average Bonchev–Trinajstić information content (AvgIpc) is 2.58. The molecule has 0 aromatic heterocycles. The average molecular weight is 465 g/mol. The molecular formula is C19H40IN5. The molecule has 0 bridgehead atoms. The molecule has 0 aromatic rings. The second-order valence-electron chi connectivity index (χ2n) is 8.21. The molecule has 2 heterocycles. The first-order valence-electron chi connectivity index (χ1n) is 9.97. The van der Waals surface area contributed by atoms with Gasteiger partial charge < -0.3 is 15.5 Å². The topological polar surface area (TPSA) is 42.9 Å². The van der Waals surface area contributed by atoms with Crippen LogP contribution in [0.4, 0.5) is 0 Å². The molecule has 2 aliphatic rings. The van der Waals surface area contributed by atoms with Crippen molar-refractivity contribution in [2.24, 2.45) is 10.9 Å². The largest absolute Gasteiger partial charge is 0.357 e. The Hall–Kier alpha value is -0.0800. The SMILES string of the molecule is CCNC(=NCC(C)(C)N1CCCCC1)NCC1CCCN(C)C1.I. The first-order chi connectivity index (χ1) is 11.5. The third kappa shape index (κ3) is 7.99. The van der Waals surface area contributed by atoms with E-state index in [0.29, 0.717) is 0 Å². The number of guanidine groups is 1. The summed E-state index contributed by atoms with van der Waals surface area (Å²) in [5, 5.41) is 7.00. The number of hydrogen-bond donors (Lipinski definition) is 2. The number of hydrogen-bond acceptors (Lipinski definition) is 3. The molecular weight excluding hydrogens is 425 g/mol. The smallest absolute Gasteiger partial charge is 0.191 e. The quantitative estimate of drug-likeness (QED) is 0.360. The second-order valence-corrected chi connectivity index (χ2v) is 8.21. The summed E-state index contributed by atoms with van der Waals surface area (Å²) in [6.45, 7) is 14.5. The van der Waals surface area contributed by atoms with Crippen molar-refractivity contribution in [3.8, 4) is 0 Å². The van der Waals surface area contributed by atoms with Crippen LogP contribution in [0.1, 0.15) is 52.9 Å². The first kappa shape index (κ1) is 23.0. The molecule has 0 radical (unpaired) electrons. The van der Waals surface area contributed by atoms with Crippen molar-refractivity contribution in [3.05, 3.63) is 0 Å². The maximum absolute atomic E-state index is 4.90. The fourth-order valence-electron chi connectivity index (χ4n) is 3.89. The van der Waals surface area contributed by atoms with E-state index in [1.165, 1.54) is 58.3 Å². The Labute approximate surface area is 172 Å². The highest BCUT2D eigenvalue weighted by Crippen LogP contribution is 2.20. The van der Waals surface area contributed by atoms with Gasteiger partial charge in [0, 0.05) is 25.2 Å². The fraction of sp³-hybridized carbons (Fsp3) is 0.947. The van der Waals surface area contributed by atoms with Crippen LogP contribution in [0.2, 0.25) is 0 Å². The van der Waals surface area contributed by atoms with Gasteiger partial charge in [-0.2, -0.15) is 0 Å². The number of rotatable bonds is 6. The van der Waals surface area contributed by atoms with Gasteiger partial charge in [-0.3, -0.25) is 9.89 Å². The van der Waals surface area contributed by atoms with Gasteiger partial charge in [0.05, 0.1) is 6.54 Å². The third-order valence-corrected chi connectivity index (χ3v) is 5.46. The Morgan fingerprint density at radius 1 is 1.08 bits per heavy atom. The van der Waals surface area contributed by atoms with Gasteiger partial charge >= 0.3 is 0 Å². The molecule has 2 N–H and O–H groups in total. The van der Waals surface area contributed by atoms with E-state index in [1.807, 2.05) is 0 Å². The number of nitrogens with zero attached hydrogens (tertiary/aromatic N) is 3. The summed E-state index contributed by atoms with van der Waals surface area (Å²) in [6.07, 6.45) is 6.70. The van der Waals surface area contributed by atoms with E-state index in [1.54, 1.807) is 0 Å². The first-order valence-corrected chi connectivity index (χ1v) is 9.97. The van der Waals surface area contributed by atoms with Gasteiger partial charge in [0.1, 0.15) is 0 Å². The van der Waals surface area contributed by atoms with Crippen LogP contribution in [0.3, 0.4) is 0 Å². The summed E-state index contributed by atoms with van der Waals surface area (Å²) in [4.78, 5) is 9.96. The molecule has 2 saturated heterocycles. The number of halogens is 1. The molecule has 0 aliphatic carbocycles. The summed E-state index contributed by atoms with van der Waals surface area (Å²) in [6, 6.07) is 0. The van der Waals surface area contributed by atoms with Crippen molar-refractivity contribution in [3.63, 3.8) is 0 Å². The van der Waals surface area contributed by atoms with Crippen LogP contribution in [0.5, 0.6) is 0 Å². The Morgan fingerprint density at radius 2 is 1.80 bits per heavy atom. The van der Waals surface area contributed by atoms with Crippen LogP contribution in [0, 0.1) is 5.92 Å². The molecule has 148 valence electrons. The van der Waals surface area contributed by atoms with Crippen LogP contribution >= 0.6 is 24.0 Å². The van der Waals surface area contributed by atoms with Crippen molar-refractivity contribution in [1.29, 1.82) is 0 Å². The van der Waals surface area contributed by atoms with Gasteiger partial charge in [0.25, 0.3) is 0 Å². The van der Waals surface area contributed by atoms with Crippen molar-refractivity contribution in [2.75, 3.05) is 52.9 Å². The Kier molecular flexibility index (Phi) is 10.6. The summed E-state index contributed by atoms with van der Waals surface area (Å²) in [7, 11) is 2.23. The summed E-state index contributed by atoms with van der Waals surface area (Å²) in [5.74, 6) is 1.72. The molecule has 0 spiro atoms. The maximum Gasteiger partial charge on any atom is 0.191 e. The van der Waals surface area contributed by atoms with Crippen molar-refractivity contribution < 1.29 is 0 Å². The zero-order valence-electron chi connectivity index (χ0n) is 16.8. The summed E-state index contributed by atoms with van der Waals surface area (Å²) in [5.41, 5.74) is 0.147. The lowest BCUT2D eigenvalue weighted by molar-refractivity contribution is 0.102. The predicted molar refractivity (Wildman–Crippen MR) is 119 cm³/mol. The number of aliphatic imine (C=N–C) groups is 1. The van der Waals surface area contributed by atoms with E-state index >= 15 is 0 Å². The van der Waals surface area contributed by atoms with Crippen molar-refractivity contribution in [2.45, 2.75) is 58.4 Å². The number of likely N-dealkylation sites (tertiary alicyclic amines) is 2. The minimum atomic E-state index is 0. The minimum absolute atomic E-state index is 0. The molecule has 0 amide bonds. The van der Waals surface area contributed by atoms with Gasteiger partial charge in [-0.15, -0.1) is 24.0 Å². The zero-order chi connectivity index (χ0) is 17.4. The maximum atomic E-state index is 4.90. The molecule has 2 aliphatic heterocycles. The van der Waals surface area contributed by atoms with E-state index in [9.17, 15) is 0 Å². The lowest BCUT2D eigenvalue weighted by Gasteiger charge is -2.40. The van der Waals surface area contributed by atoms with Gasteiger partial charge in [0.2, 0.25) is 0 Å². The number of nitrogens with one attached hydrogen (secondary N) is 2. The number of piperidine rings is 2. The highest BCUT2D eigenvalue weighted by atomic mass is 127. The van der Waals surface area contributed by atoms with E-state index in [-0.39, 0.29) is 29.5 Å². The molecule has 1 atom stereocenters. The molecule has 2 rings (SSSR count). The minimum Gasteiger partial charge on any atom is -0.357 e. The Balaban J connectivity index is 0.00000312. The summed E-state index contributed by atoms with van der Waals surface area (Å²) < 4.78 is 0. The molecule has 2 fully saturated rings. The van der Waals surface area contributed by atoms with Crippen LogP contribution in [0.15, 0.2) is 4.99 Å². The normalized spacial score (nSPS) is 23.8. The Morgan fingerprint density at radius 3 is 2.44 bits per heavy atom. The van der Waals surface area contributed by atoms with Gasteiger partial charge in [-0.25, -0.2) is 0 Å². The van der Waals surface area contributed by atoms with Gasteiger partial charge in [-0.05, 0) is 79.1 Å². The van der Waals surface area contributed by atoms with Crippen LogP contribution in [0.25, 0.3) is 0 Å².